The van der Waals surface area contributed by atoms with Crippen molar-refractivity contribution in [2.45, 2.75) is 12.8 Å². The Morgan fingerprint density at radius 2 is 1.83 bits per heavy atom. The number of halogens is 2. The molecule has 0 aliphatic carbocycles. The molecule has 0 aliphatic rings. The van der Waals surface area contributed by atoms with Crippen LogP contribution in [0, 0.1) is 0 Å². The number of nitrogens with two attached hydrogens (primary N) is 1. The summed E-state index contributed by atoms with van der Waals surface area (Å²) in [6, 6.07) is 4.23. The topological polar surface area (TPSA) is 38.5 Å². The fourth-order valence-corrected chi connectivity index (χ4v) is 3.02. The van der Waals surface area contributed by atoms with Crippen molar-refractivity contribution in [1.82, 2.24) is 4.90 Å². The molecule has 102 valence electrons. The first-order valence-electron chi connectivity index (χ1n) is 6.00. The molecule has 1 aromatic rings. The standard InChI is InChI=1S/C13H20Br2N2O/c1-17(2)6-4-10-8-11(14)13(12(15)9-10)18-7-3-5-16/h8-9H,3-7,16H2,1-2H3. The number of ether oxygens (including phenoxy) is 1. The van der Waals surface area contributed by atoms with Crippen molar-refractivity contribution in [2.24, 2.45) is 5.73 Å². The van der Waals surface area contributed by atoms with Gasteiger partial charge in [0, 0.05) is 6.54 Å². The van der Waals surface area contributed by atoms with Crippen LogP contribution in [0.4, 0.5) is 0 Å². The predicted octanol–water partition coefficient (Wildman–Crippen LogP) is 3.04. The molecular formula is C13H20Br2N2O. The highest BCUT2D eigenvalue weighted by Gasteiger charge is 2.09. The van der Waals surface area contributed by atoms with Gasteiger partial charge in [0.05, 0.1) is 15.6 Å². The van der Waals surface area contributed by atoms with Crippen molar-refractivity contribution in [3.63, 3.8) is 0 Å². The highest BCUT2D eigenvalue weighted by Crippen LogP contribution is 2.35. The van der Waals surface area contributed by atoms with E-state index in [0.717, 1.165) is 34.1 Å². The third kappa shape index (κ3) is 5.26. The molecule has 0 bridgehead atoms. The van der Waals surface area contributed by atoms with Crippen molar-refractivity contribution < 1.29 is 4.74 Å². The van der Waals surface area contributed by atoms with Gasteiger partial charge in [0.2, 0.25) is 0 Å². The van der Waals surface area contributed by atoms with Gasteiger partial charge in [-0.25, -0.2) is 0 Å². The first-order chi connectivity index (χ1) is 8.54. The fraction of sp³-hybridized carbons (Fsp3) is 0.538. The molecule has 0 saturated heterocycles. The van der Waals surface area contributed by atoms with Crippen LogP contribution in [0.3, 0.4) is 0 Å². The largest absolute Gasteiger partial charge is 0.491 e. The molecule has 0 unspecified atom stereocenters. The Balaban J connectivity index is 2.71. The van der Waals surface area contributed by atoms with E-state index in [2.05, 4.69) is 63.0 Å². The van der Waals surface area contributed by atoms with Crippen LogP contribution in [0.15, 0.2) is 21.1 Å². The number of hydrogen-bond acceptors (Lipinski definition) is 3. The normalized spacial score (nSPS) is 11.0. The van der Waals surface area contributed by atoms with Crippen LogP contribution in [-0.2, 0) is 6.42 Å². The van der Waals surface area contributed by atoms with Gasteiger partial charge < -0.3 is 15.4 Å². The van der Waals surface area contributed by atoms with Crippen LogP contribution in [0.25, 0.3) is 0 Å². The molecule has 0 heterocycles. The van der Waals surface area contributed by atoms with E-state index in [0.29, 0.717) is 13.2 Å². The zero-order valence-corrected chi connectivity index (χ0v) is 14.1. The summed E-state index contributed by atoms with van der Waals surface area (Å²) in [5.74, 6) is 0.858. The van der Waals surface area contributed by atoms with E-state index in [-0.39, 0.29) is 0 Å². The number of hydrogen-bond donors (Lipinski definition) is 1. The van der Waals surface area contributed by atoms with Crippen molar-refractivity contribution >= 4 is 31.9 Å². The zero-order chi connectivity index (χ0) is 13.5. The van der Waals surface area contributed by atoms with Gasteiger partial charge >= 0.3 is 0 Å². The first kappa shape index (κ1) is 16.0. The second kappa shape index (κ2) is 8.15. The molecule has 5 heteroatoms. The minimum atomic E-state index is 0.644. The third-order valence-corrected chi connectivity index (χ3v) is 3.68. The summed E-state index contributed by atoms with van der Waals surface area (Å²) in [5, 5.41) is 0. The van der Waals surface area contributed by atoms with Crippen LogP contribution < -0.4 is 10.5 Å². The Morgan fingerprint density at radius 1 is 1.22 bits per heavy atom. The van der Waals surface area contributed by atoms with Gasteiger partial charge in [-0.2, -0.15) is 0 Å². The van der Waals surface area contributed by atoms with Gasteiger partial charge in [0.1, 0.15) is 5.75 Å². The van der Waals surface area contributed by atoms with E-state index in [4.69, 9.17) is 10.5 Å². The van der Waals surface area contributed by atoms with Crippen LogP contribution in [0.1, 0.15) is 12.0 Å². The number of rotatable bonds is 7. The van der Waals surface area contributed by atoms with Crippen molar-refractivity contribution in [3.05, 3.63) is 26.6 Å². The number of benzene rings is 1. The summed E-state index contributed by atoms with van der Waals surface area (Å²) in [6.07, 6.45) is 1.88. The van der Waals surface area contributed by atoms with Gasteiger partial charge in [-0.3, -0.25) is 0 Å². The molecule has 1 rings (SSSR count). The van der Waals surface area contributed by atoms with Gasteiger partial charge in [-0.15, -0.1) is 0 Å². The molecular weight excluding hydrogens is 360 g/mol. The number of likely N-dealkylation sites (N-methyl/N-ethyl adjacent to an activating group) is 1. The van der Waals surface area contributed by atoms with Gasteiger partial charge in [0.15, 0.2) is 0 Å². The van der Waals surface area contributed by atoms with Crippen molar-refractivity contribution in [1.29, 1.82) is 0 Å². The lowest BCUT2D eigenvalue weighted by Crippen LogP contribution is -2.15. The Bertz CT molecular complexity index is 360. The average molecular weight is 380 g/mol. The summed E-state index contributed by atoms with van der Waals surface area (Å²) >= 11 is 7.11. The van der Waals surface area contributed by atoms with Crippen molar-refractivity contribution in [2.75, 3.05) is 33.8 Å². The molecule has 18 heavy (non-hydrogen) atoms. The van der Waals surface area contributed by atoms with Crippen LogP contribution in [0.5, 0.6) is 5.75 Å². The van der Waals surface area contributed by atoms with E-state index < -0.39 is 0 Å². The lowest BCUT2D eigenvalue weighted by atomic mass is 10.1. The molecule has 0 fully saturated rings. The molecule has 0 aromatic heterocycles. The maximum atomic E-state index is 5.70. The zero-order valence-electron chi connectivity index (χ0n) is 10.9. The maximum Gasteiger partial charge on any atom is 0.147 e. The minimum Gasteiger partial charge on any atom is -0.491 e. The molecule has 2 N–H and O–H groups in total. The molecule has 0 saturated carbocycles. The predicted molar refractivity (Wildman–Crippen MR) is 83.3 cm³/mol. The lowest BCUT2D eigenvalue weighted by molar-refractivity contribution is 0.309. The van der Waals surface area contributed by atoms with Gasteiger partial charge in [-0.1, -0.05) is 0 Å². The van der Waals surface area contributed by atoms with Crippen LogP contribution in [0.2, 0.25) is 0 Å². The summed E-state index contributed by atoms with van der Waals surface area (Å²) in [7, 11) is 4.16. The van der Waals surface area contributed by atoms with Gasteiger partial charge in [0.25, 0.3) is 0 Å². The molecule has 0 atom stereocenters. The second-order valence-corrected chi connectivity index (χ2v) is 6.14. The lowest BCUT2D eigenvalue weighted by Gasteiger charge is -2.13. The van der Waals surface area contributed by atoms with Crippen LogP contribution >= 0.6 is 31.9 Å². The molecule has 0 aliphatic heterocycles. The smallest absolute Gasteiger partial charge is 0.147 e. The SMILES string of the molecule is CN(C)CCc1cc(Br)c(OCCCN)c(Br)c1. The Morgan fingerprint density at radius 3 is 2.33 bits per heavy atom. The van der Waals surface area contributed by atoms with E-state index in [9.17, 15) is 0 Å². The van der Waals surface area contributed by atoms with Crippen molar-refractivity contribution in [3.8, 4) is 5.75 Å². The monoisotopic (exact) mass is 378 g/mol. The molecule has 0 radical (unpaired) electrons. The highest BCUT2D eigenvalue weighted by atomic mass is 79.9. The van der Waals surface area contributed by atoms with Crippen LogP contribution in [-0.4, -0.2) is 38.7 Å². The third-order valence-electron chi connectivity index (χ3n) is 2.50. The van der Waals surface area contributed by atoms with Gasteiger partial charge in [-0.05, 0) is 83.0 Å². The number of nitrogens with zero attached hydrogens (tertiary/aromatic N) is 1. The average Bonchev–Trinajstić information content (AvgIpc) is 2.30. The Labute approximate surface area is 126 Å². The van der Waals surface area contributed by atoms with E-state index in [1.807, 2.05) is 0 Å². The molecule has 3 nitrogen and oxygen atoms in total. The Kier molecular flexibility index (Phi) is 7.22. The molecule has 0 spiro atoms. The fourth-order valence-electron chi connectivity index (χ4n) is 1.50. The Hall–Kier alpha value is -0.100. The quantitative estimate of drug-likeness (QED) is 0.740. The molecule has 0 amide bonds. The summed E-state index contributed by atoms with van der Waals surface area (Å²) in [4.78, 5) is 2.17. The summed E-state index contributed by atoms with van der Waals surface area (Å²) in [6.45, 7) is 2.33. The van der Waals surface area contributed by atoms with E-state index >= 15 is 0 Å². The minimum absolute atomic E-state index is 0.644. The first-order valence-corrected chi connectivity index (χ1v) is 7.58. The second-order valence-electron chi connectivity index (χ2n) is 4.43. The molecule has 1 aromatic carbocycles. The highest BCUT2D eigenvalue weighted by molar-refractivity contribution is 9.11. The van der Waals surface area contributed by atoms with E-state index in [1.165, 1.54) is 5.56 Å². The summed E-state index contributed by atoms with van der Waals surface area (Å²) in [5.41, 5.74) is 6.74. The van der Waals surface area contributed by atoms with E-state index in [1.54, 1.807) is 0 Å². The summed E-state index contributed by atoms with van der Waals surface area (Å²) < 4.78 is 7.68. The maximum absolute atomic E-state index is 5.70.